The summed E-state index contributed by atoms with van der Waals surface area (Å²) in [5, 5.41) is 3.32. The summed E-state index contributed by atoms with van der Waals surface area (Å²) >= 11 is 0. The monoisotopic (exact) mass is 310 g/mol. The third-order valence-electron chi connectivity index (χ3n) is 4.37. The van der Waals surface area contributed by atoms with Gasteiger partial charge in [-0.3, -0.25) is 0 Å². The molecule has 1 aliphatic rings. The van der Waals surface area contributed by atoms with E-state index in [-0.39, 0.29) is 6.04 Å². The van der Waals surface area contributed by atoms with Gasteiger partial charge in [0.05, 0.1) is 4.90 Å². The number of sulfonamides is 1. The topological polar surface area (TPSA) is 49.4 Å². The average molecular weight is 310 g/mol. The lowest BCUT2D eigenvalue weighted by Gasteiger charge is -2.18. The summed E-state index contributed by atoms with van der Waals surface area (Å²) in [6, 6.07) is 7.45. The van der Waals surface area contributed by atoms with Crippen LogP contribution in [0.5, 0.6) is 0 Å². The second-order valence-electron chi connectivity index (χ2n) is 6.11. The summed E-state index contributed by atoms with van der Waals surface area (Å²) < 4.78 is 26.5. The summed E-state index contributed by atoms with van der Waals surface area (Å²) in [5.74, 6) is 1.18. The van der Waals surface area contributed by atoms with E-state index in [0.29, 0.717) is 23.3 Å². The van der Waals surface area contributed by atoms with Gasteiger partial charge >= 0.3 is 0 Å². The van der Waals surface area contributed by atoms with E-state index in [0.717, 1.165) is 18.5 Å². The van der Waals surface area contributed by atoms with Crippen LogP contribution in [0.3, 0.4) is 0 Å². The lowest BCUT2D eigenvalue weighted by atomic mass is 10.1. The van der Waals surface area contributed by atoms with Crippen LogP contribution in [-0.2, 0) is 10.0 Å². The zero-order chi connectivity index (χ0) is 15.6. The minimum Gasteiger partial charge on any atom is -0.310 e. The summed E-state index contributed by atoms with van der Waals surface area (Å²) in [6.45, 7) is 7.82. The van der Waals surface area contributed by atoms with Crippen molar-refractivity contribution in [3.8, 4) is 0 Å². The van der Waals surface area contributed by atoms with Crippen molar-refractivity contribution in [1.82, 2.24) is 9.62 Å². The van der Waals surface area contributed by atoms with E-state index in [1.165, 1.54) is 4.31 Å². The predicted octanol–water partition coefficient (Wildman–Crippen LogP) is 2.63. The number of hydrogen-bond donors (Lipinski definition) is 1. The quantitative estimate of drug-likeness (QED) is 0.842. The molecule has 1 aromatic rings. The zero-order valence-electron chi connectivity index (χ0n) is 13.3. The molecule has 3 atom stereocenters. The first-order valence-electron chi connectivity index (χ1n) is 7.66. The Kier molecular flexibility index (Phi) is 5.07. The van der Waals surface area contributed by atoms with Gasteiger partial charge < -0.3 is 5.32 Å². The van der Waals surface area contributed by atoms with E-state index >= 15 is 0 Å². The fourth-order valence-corrected chi connectivity index (χ4v) is 3.84. The van der Waals surface area contributed by atoms with Crippen molar-refractivity contribution in [3.63, 3.8) is 0 Å². The molecule has 0 spiro atoms. The van der Waals surface area contributed by atoms with Gasteiger partial charge in [0, 0.05) is 19.6 Å². The van der Waals surface area contributed by atoms with Crippen LogP contribution in [0, 0.1) is 11.8 Å². The van der Waals surface area contributed by atoms with Crippen LogP contribution in [0.25, 0.3) is 0 Å². The van der Waals surface area contributed by atoms with E-state index in [4.69, 9.17) is 0 Å². The third-order valence-corrected chi connectivity index (χ3v) is 6.20. The largest absolute Gasteiger partial charge is 0.310 e. The predicted molar refractivity (Wildman–Crippen MR) is 85.6 cm³/mol. The third kappa shape index (κ3) is 3.84. The first-order chi connectivity index (χ1) is 9.86. The first kappa shape index (κ1) is 16.5. The maximum Gasteiger partial charge on any atom is 0.242 e. The van der Waals surface area contributed by atoms with Crippen LogP contribution >= 0.6 is 0 Å². The number of benzene rings is 1. The Labute approximate surface area is 128 Å². The van der Waals surface area contributed by atoms with Gasteiger partial charge in [-0.15, -0.1) is 0 Å². The highest BCUT2D eigenvalue weighted by molar-refractivity contribution is 7.89. The number of hydrogen-bond acceptors (Lipinski definition) is 3. The van der Waals surface area contributed by atoms with E-state index in [2.05, 4.69) is 26.1 Å². The second-order valence-corrected chi connectivity index (χ2v) is 8.15. The molecule has 0 aromatic heterocycles. The highest BCUT2D eigenvalue weighted by atomic mass is 32.2. The second kappa shape index (κ2) is 6.46. The summed E-state index contributed by atoms with van der Waals surface area (Å²) in [5.41, 5.74) is 1.11. The van der Waals surface area contributed by atoms with Gasteiger partial charge in [0.15, 0.2) is 0 Å². The van der Waals surface area contributed by atoms with E-state index in [1.54, 1.807) is 19.2 Å². The molecule has 1 N–H and O–H groups in total. The molecule has 0 amide bonds. The van der Waals surface area contributed by atoms with Gasteiger partial charge in [-0.05, 0) is 49.4 Å². The molecule has 3 unspecified atom stereocenters. The minimum atomic E-state index is -3.36. The molecule has 1 fully saturated rings. The number of rotatable bonds is 7. The van der Waals surface area contributed by atoms with Crippen molar-refractivity contribution in [1.29, 1.82) is 0 Å². The molecule has 21 heavy (non-hydrogen) atoms. The molecule has 2 rings (SSSR count). The summed E-state index contributed by atoms with van der Waals surface area (Å²) in [6.07, 6.45) is 1.14. The number of nitrogens with one attached hydrogen (secondary N) is 1. The first-order valence-corrected chi connectivity index (χ1v) is 9.10. The van der Waals surface area contributed by atoms with Crippen molar-refractivity contribution < 1.29 is 8.42 Å². The molecule has 118 valence electrons. The van der Waals surface area contributed by atoms with Gasteiger partial charge in [-0.25, -0.2) is 12.7 Å². The Morgan fingerprint density at radius 3 is 2.38 bits per heavy atom. The van der Waals surface area contributed by atoms with Crippen LogP contribution in [0.1, 0.15) is 38.8 Å². The Bertz CT molecular complexity index is 568. The van der Waals surface area contributed by atoms with Crippen molar-refractivity contribution in [2.24, 2.45) is 11.8 Å². The molecule has 0 heterocycles. The van der Waals surface area contributed by atoms with E-state index < -0.39 is 10.0 Å². The Morgan fingerprint density at radius 2 is 1.90 bits per heavy atom. The van der Waals surface area contributed by atoms with Crippen LogP contribution in [0.4, 0.5) is 0 Å². The van der Waals surface area contributed by atoms with Gasteiger partial charge in [-0.1, -0.05) is 26.0 Å². The van der Waals surface area contributed by atoms with Crippen LogP contribution in [-0.4, -0.2) is 32.9 Å². The molecule has 0 bridgehead atoms. The maximum atomic E-state index is 12.5. The average Bonchev–Trinajstić information content (AvgIpc) is 3.14. The molecule has 1 saturated carbocycles. The van der Waals surface area contributed by atoms with Crippen molar-refractivity contribution in [2.45, 2.75) is 38.1 Å². The Hall–Kier alpha value is -0.910. The highest BCUT2D eigenvalue weighted by Gasteiger charge is 2.36. The SMILES string of the molecule is CCNC(C)c1ccc(S(=O)(=O)N(C)CC2CC2C)cc1. The molecular weight excluding hydrogens is 284 g/mol. The molecule has 5 heteroatoms. The van der Waals surface area contributed by atoms with Crippen molar-refractivity contribution in [2.75, 3.05) is 20.1 Å². The lowest BCUT2D eigenvalue weighted by molar-refractivity contribution is 0.444. The van der Waals surface area contributed by atoms with Crippen LogP contribution in [0.15, 0.2) is 29.2 Å². The van der Waals surface area contributed by atoms with Crippen molar-refractivity contribution >= 4 is 10.0 Å². The fraction of sp³-hybridized carbons (Fsp3) is 0.625. The van der Waals surface area contributed by atoms with E-state index in [1.807, 2.05) is 12.1 Å². The molecule has 4 nitrogen and oxygen atoms in total. The van der Waals surface area contributed by atoms with Crippen molar-refractivity contribution in [3.05, 3.63) is 29.8 Å². The Balaban J connectivity index is 2.09. The van der Waals surface area contributed by atoms with Crippen LogP contribution < -0.4 is 5.32 Å². The molecular formula is C16H26N2O2S. The van der Waals surface area contributed by atoms with Gasteiger partial charge in [0.25, 0.3) is 0 Å². The number of nitrogens with zero attached hydrogens (tertiary/aromatic N) is 1. The minimum absolute atomic E-state index is 0.233. The highest BCUT2D eigenvalue weighted by Crippen LogP contribution is 2.38. The summed E-state index contributed by atoms with van der Waals surface area (Å²) in [7, 11) is -1.68. The fourth-order valence-electron chi connectivity index (χ4n) is 2.61. The van der Waals surface area contributed by atoms with E-state index in [9.17, 15) is 8.42 Å². The maximum absolute atomic E-state index is 12.5. The smallest absolute Gasteiger partial charge is 0.242 e. The Morgan fingerprint density at radius 1 is 1.33 bits per heavy atom. The van der Waals surface area contributed by atoms with Crippen LogP contribution in [0.2, 0.25) is 0 Å². The van der Waals surface area contributed by atoms with Gasteiger partial charge in [0.2, 0.25) is 10.0 Å². The lowest BCUT2D eigenvalue weighted by Crippen LogP contribution is -2.29. The molecule has 0 saturated heterocycles. The molecule has 0 radical (unpaired) electrons. The standard InChI is InChI=1S/C16H26N2O2S/c1-5-17-13(3)14-6-8-16(9-7-14)21(19,20)18(4)11-15-10-12(15)2/h6-9,12-13,15,17H,5,10-11H2,1-4H3. The van der Waals surface area contributed by atoms with Gasteiger partial charge in [0.1, 0.15) is 0 Å². The molecule has 1 aliphatic carbocycles. The molecule has 0 aliphatic heterocycles. The zero-order valence-corrected chi connectivity index (χ0v) is 14.2. The van der Waals surface area contributed by atoms with Gasteiger partial charge in [-0.2, -0.15) is 0 Å². The summed E-state index contributed by atoms with van der Waals surface area (Å²) in [4.78, 5) is 0.380. The normalized spacial score (nSPS) is 23.3. The molecule has 1 aromatic carbocycles.